The van der Waals surface area contributed by atoms with Gasteiger partial charge in [0.05, 0.1) is 26.4 Å². The number of benzene rings is 1. The van der Waals surface area contributed by atoms with E-state index in [-0.39, 0.29) is 11.9 Å². The summed E-state index contributed by atoms with van der Waals surface area (Å²) in [6.07, 6.45) is 0. The summed E-state index contributed by atoms with van der Waals surface area (Å²) in [5.74, 6) is -0.400. The monoisotopic (exact) mass is 255 g/mol. The molecule has 4 nitrogen and oxygen atoms in total. The van der Waals surface area contributed by atoms with Crippen LogP contribution in [0.3, 0.4) is 0 Å². The van der Waals surface area contributed by atoms with Gasteiger partial charge in [0.25, 0.3) is 0 Å². The van der Waals surface area contributed by atoms with Crippen molar-refractivity contribution in [2.45, 2.75) is 25.7 Å². The van der Waals surface area contributed by atoms with Crippen LogP contribution in [-0.2, 0) is 9.47 Å². The highest BCUT2D eigenvalue weighted by Gasteiger charge is 2.28. The highest BCUT2D eigenvalue weighted by molar-refractivity contribution is 5.49. The smallest absolute Gasteiger partial charge is 0.162 e. The number of hydrogen-bond acceptors (Lipinski definition) is 4. The Hall–Kier alpha value is -1.33. The molecule has 1 heterocycles. The van der Waals surface area contributed by atoms with Crippen LogP contribution < -0.4 is 10.1 Å². The van der Waals surface area contributed by atoms with Crippen molar-refractivity contribution >= 4 is 5.69 Å². The second-order valence-electron chi connectivity index (χ2n) is 4.74. The topological polar surface area (TPSA) is 39.7 Å². The summed E-state index contributed by atoms with van der Waals surface area (Å²) >= 11 is 0. The second kappa shape index (κ2) is 5.12. The second-order valence-corrected chi connectivity index (χ2v) is 4.74. The molecule has 1 saturated heterocycles. The molecule has 0 aliphatic carbocycles. The summed E-state index contributed by atoms with van der Waals surface area (Å²) in [7, 11) is 1.51. The SMILES string of the molecule is COc1cc(F)cc(NC2COC(C)(C)OC2)c1. The van der Waals surface area contributed by atoms with Gasteiger partial charge in [-0.05, 0) is 19.9 Å². The summed E-state index contributed by atoms with van der Waals surface area (Å²) < 4.78 is 29.4. The first-order chi connectivity index (χ1) is 8.48. The van der Waals surface area contributed by atoms with Gasteiger partial charge < -0.3 is 19.5 Å². The van der Waals surface area contributed by atoms with E-state index in [1.165, 1.54) is 19.2 Å². The Morgan fingerprint density at radius 1 is 1.28 bits per heavy atom. The van der Waals surface area contributed by atoms with Gasteiger partial charge in [-0.15, -0.1) is 0 Å². The Bertz CT molecular complexity index is 413. The van der Waals surface area contributed by atoms with Crippen LogP contribution in [-0.4, -0.2) is 32.2 Å². The molecule has 0 unspecified atom stereocenters. The fraction of sp³-hybridized carbons (Fsp3) is 0.538. The largest absolute Gasteiger partial charge is 0.497 e. The molecule has 1 N–H and O–H groups in total. The molecule has 1 aromatic rings. The third kappa shape index (κ3) is 3.34. The lowest BCUT2D eigenvalue weighted by Gasteiger charge is -2.35. The molecule has 100 valence electrons. The van der Waals surface area contributed by atoms with Crippen LogP contribution in [0.2, 0.25) is 0 Å². The minimum atomic E-state index is -0.544. The minimum absolute atomic E-state index is 0.00420. The quantitative estimate of drug-likeness (QED) is 0.900. The number of rotatable bonds is 3. The van der Waals surface area contributed by atoms with E-state index in [0.29, 0.717) is 24.7 Å². The first kappa shape index (κ1) is 13.1. The summed E-state index contributed by atoms with van der Waals surface area (Å²) in [5.41, 5.74) is 0.656. The van der Waals surface area contributed by atoms with Crippen molar-refractivity contribution in [2.75, 3.05) is 25.6 Å². The van der Waals surface area contributed by atoms with Crippen LogP contribution in [0.15, 0.2) is 18.2 Å². The van der Waals surface area contributed by atoms with Gasteiger partial charge in [0.15, 0.2) is 5.79 Å². The van der Waals surface area contributed by atoms with Crippen LogP contribution in [0, 0.1) is 5.82 Å². The molecule has 0 aromatic heterocycles. The van der Waals surface area contributed by atoms with E-state index in [9.17, 15) is 4.39 Å². The van der Waals surface area contributed by atoms with E-state index in [1.54, 1.807) is 6.07 Å². The van der Waals surface area contributed by atoms with Gasteiger partial charge in [-0.2, -0.15) is 0 Å². The molecule has 0 radical (unpaired) electrons. The zero-order valence-electron chi connectivity index (χ0n) is 10.8. The molecule has 18 heavy (non-hydrogen) atoms. The molecule has 0 amide bonds. The molecule has 0 bridgehead atoms. The third-order valence-corrected chi connectivity index (χ3v) is 2.74. The van der Waals surface area contributed by atoms with E-state index in [1.807, 2.05) is 13.8 Å². The highest BCUT2D eigenvalue weighted by atomic mass is 19.1. The number of ether oxygens (including phenoxy) is 3. The summed E-state index contributed by atoms with van der Waals surface area (Å²) in [6.45, 7) is 4.78. The maximum Gasteiger partial charge on any atom is 0.162 e. The van der Waals surface area contributed by atoms with Crippen molar-refractivity contribution in [3.05, 3.63) is 24.0 Å². The van der Waals surface area contributed by atoms with Crippen molar-refractivity contribution in [2.24, 2.45) is 0 Å². The Morgan fingerprint density at radius 2 is 1.94 bits per heavy atom. The summed E-state index contributed by atoms with van der Waals surface area (Å²) in [4.78, 5) is 0. The van der Waals surface area contributed by atoms with Gasteiger partial charge in [-0.1, -0.05) is 0 Å². The minimum Gasteiger partial charge on any atom is -0.497 e. The predicted octanol–water partition coefficient (Wildman–Crippen LogP) is 2.40. The van der Waals surface area contributed by atoms with Crippen molar-refractivity contribution < 1.29 is 18.6 Å². The van der Waals surface area contributed by atoms with Crippen molar-refractivity contribution in [3.63, 3.8) is 0 Å². The van der Waals surface area contributed by atoms with E-state index >= 15 is 0 Å². The van der Waals surface area contributed by atoms with Gasteiger partial charge in [0.1, 0.15) is 11.6 Å². The average Bonchev–Trinajstić information content (AvgIpc) is 2.31. The molecule has 1 aromatic carbocycles. The van der Waals surface area contributed by atoms with Gasteiger partial charge in [0.2, 0.25) is 0 Å². The maximum atomic E-state index is 13.3. The van der Waals surface area contributed by atoms with E-state index in [0.717, 1.165) is 0 Å². The molecular weight excluding hydrogens is 237 g/mol. The highest BCUT2D eigenvalue weighted by Crippen LogP contribution is 2.23. The molecule has 1 aliphatic rings. The van der Waals surface area contributed by atoms with Gasteiger partial charge in [-0.25, -0.2) is 4.39 Å². The Morgan fingerprint density at radius 3 is 2.56 bits per heavy atom. The normalized spacial score (nSPS) is 19.6. The molecule has 1 fully saturated rings. The lowest BCUT2D eigenvalue weighted by atomic mass is 10.2. The first-order valence-corrected chi connectivity index (χ1v) is 5.87. The standard InChI is InChI=1S/C13H18FNO3/c1-13(2)17-7-11(8-18-13)15-10-4-9(14)5-12(6-10)16-3/h4-6,11,15H,7-8H2,1-3H3. The van der Waals surface area contributed by atoms with Crippen LogP contribution in [0.1, 0.15) is 13.8 Å². The Labute approximate surface area is 106 Å². The fourth-order valence-electron chi connectivity index (χ4n) is 1.78. The van der Waals surface area contributed by atoms with Crippen molar-refractivity contribution in [3.8, 4) is 5.75 Å². The van der Waals surface area contributed by atoms with E-state index < -0.39 is 5.79 Å². The lowest BCUT2D eigenvalue weighted by Crippen LogP contribution is -2.45. The zero-order valence-corrected chi connectivity index (χ0v) is 10.8. The van der Waals surface area contributed by atoms with Crippen LogP contribution >= 0.6 is 0 Å². The van der Waals surface area contributed by atoms with Gasteiger partial charge in [-0.3, -0.25) is 0 Å². The number of hydrogen-bond donors (Lipinski definition) is 1. The van der Waals surface area contributed by atoms with E-state index in [2.05, 4.69) is 5.32 Å². The lowest BCUT2D eigenvalue weighted by molar-refractivity contribution is -0.247. The number of halogens is 1. The first-order valence-electron chi connectivity index (χ1n) is 5.87. The number of anilines is 1. The molecule has 1 aliphatic heterocycles. The summed E-state index contributed by atoms with van der Waals surface area (Å²) in [5, 5.41) is 3.16. The molecule has 0 saturated carbocycles. The average molecular weight is 255 g/mol. The molecule has 0 spiro atoms. The zero-order chi connectivity index (χ0) is 13.2. The van der Waals surface area contributed by atoms with E-state index in [4.69, 9.17) is 14.2 Å². The van der Waals surface area contributed by atoms with Crippen molar-refractivity contribution in [1.82, 2.24) is 0 Å². The number of nitrogens with one attached hydrogen (secondary N) is 1. The van der Waals surface area contributed by atoms with Gasteiger partial charge >= 0.3 is 0 Å². The Balaban J connectivity index is 2.00. The van der Waals surface area contributed by atoms with Crippen LogP contribution in [0.4, 0.5) is 10.1 Å². The molecule has 5 heteroatoms. The third-order valence-electron chi connectivity index (χ3n) is 2.74. The van der Waals surface area contributed by atoms with Crippen molar-refractivity contribution in [1.29, 1.82) is 0 Å². The predicted molar refractivity (Wildman–Crippen MR) is 66.3 cm³/mol. The fourth-order valence-corrected chi connectivity index (χ4v) is 1.78. The molecule has 0 atom stereocenters. The maximum absolute atomic E-state index is 13.3. The number of methoxy groups -OCH3 is 1. The molecular formula is C13H18FNO3. The molecule has 2 rings (SSSR count). The van der Waals surface area contributed by atoms with Crippen LogP contribution in [0.25, 0.3) is 0 Å². The summed E-state index contributed by atoms with van der Waals surface area (Å²) in [6, 6.07) is 4.50. The van der Waals surface area contributed by atoms with Gasteiger partial charge in [0, 0.05) is 17.8 Å². The Kier molecular flexibility index (Phi) is 3.73. The van der Waals surface area contributed by atoms with Crippen LogP contribution in [0.5, 0.6) is 5.75 Å².